The van der Waals surface area contributed by atoms with Crippen LogP contribution in [0.1, 0.15) is 12.8 Å². The highest BCUT2D eigenvalue weighted by Gasteiger charge is 2.37. The number of nitrogens with one attached hydrogen (secondary N) is 2. The predicted octanol–water partition coefficient (Wildman–Crippen LogP) is 3.41. The molecule has 1 aromatic heterocycles. The topological polar surface area (TPSA) is 100 Å². The summed E-state index contributed by atoms with van der Waals surface area (Å²) in [5.41, 5.74) is 1.46. The van der Waals surface area contributed by atoms with Gasteiger partial charge < -0.3 is 14.2 Å². The summed E-state index contributed by atoms with van der Waals surface area (Å²) in [6, 6.07) is 12.3. The first kappa shape index (κ1) is 17.4. The summed E-state index contributed by atoms with van der Waals surface area (Å²) in [4.78, 5) is 6.53. The Labute approximate surface area is 166 Å². The Balaban J connectivity index is 1.48. The third-order valence-electron chi connectivity index (χ3n) is 4.86. The molecule has 2 aliphatic rings. The SMILES string of the molecule is O=S1(=O)NC2CCCN2c2ccc(Oc3cccc(-c4nc(=S)o[nH]4)c3)cc21. The molecule has 1 atom stereocenters. The highest BCUT2D eigenvalue weighted by Crippen LogP contribution is 2.38. The maximum Gasteiger partial charge on any atom is 0.314 e. The second kappa shape index (κ2) is 6.43. The average Bonchev–Trinajstić information content (AvgIpc) is 3.30. The molecular formula is C18H16N4O4S2. The number of fused-ring (bicyclic) bond motifs is 3. The lowest BCUT2D eigenvalue weighted by Gasteiger charge is -2.33. The maximum absolute atomic E-state index is 12.6. The highest BCUT2D eigenvalue weighted by molar-refractivity contribution is 7.89. The molecule has 2 aromatic carbocycles. The van der Waals surface area contributed by atoms with E-state index in [4.69, 9.17) is 21.5 Å². The molecule has 3 aromatic rings. The van der Waals surface area contributed by atoms with Gasteiger partial charge in [0.2, 0.25) is 10.0 Å². The molecule has 1 unspecified atom stereocenters. The second-order valence-electron chi connectivity index (χ2n) is 6.66. The van der Waals surface area contributed by atoms with Gasteiger partial charge in [-0.1, -0.05) is 12.1 Å². The van der Waals surface area contributed by atoms with E-state index in [2.05, 4.69) is 19.8 Å². The molecule has 2 aliphatic heterocycles. The molecule has 144 valence electrons. The van der Waals surface area contributed by atoms with Crippen LogP contribution in [0.3, 0.4) is 0 Å². The number of benzene rings is 2. The summed E-state index contributed by atoms with van der Waals surface area (Å²) >= 11 is 4.87. The fourth-order valence-electron chi connectivity index (χ4n) is 3.63. The first-order valence-electron chi connectivity index (χ1n) is 8.76. The number of hydrogen-bond acceptors (Lipinski definition) is 7. The van der Waals surface area contributed by atoms with E-state index in [1.165, 1.54) is 0 Å². The number of aromatic amines is 1. The molecule has 28 heavy (non-hydrogen) atoms. The van der Waals surface area contributed by atoms with Crippen LogP contribution in [0.2, 0.25) is 0 Å². The molecule has 0 saturated carbocycles. The molecule has 0 radical (unpaired) electrons. The fourth-order valence-corrected chi connectivity index (χ4v) is 5.22. The van der Waals surface area contributed by atoms with Crippen molar-refractivity contribution in [1.29, 1.82) is 0 Å². The number of nitrogens with zero attached hydrogens (tertiary/aromatic N) is 2. The van der Waals surface area contributed by atoms with Gasteiger partial charge in [0.1, 0.15) is 16.4 Å². The van der Waals surface area contributed by atoms with E-state index < -0.39 is 10.0 Å². The van der Waals surface area contributed by atoms with Gasteiger partial charge in [-0.15, -0.1) is 0 Å². The smallest absolute Gasteiger partial charge is 0.314 e. The zero-order valence-corrected chi connectivity index (χ0v) is 16.2. The lowest BCUT2D eigenvalue weighted by molar-refractivity contribution is 0.406. The lowest BCUT2D eigenvalue weighted by Crippen LogP contribution is -2.48. The molecule has 0 spiro atoms. The molecule has 2 N–H and O–H groups in total. The summed E-state index contributed by atoms with van der Waals surface area (Å²) in [6.07, 6.45) is 1.62. The van der Waals surface area contributed by atoms with Crippen molar-refractivity contribution in [3.05, 3.63) is 47.3 Å². The van der Waals surface area contributed by atoms with Crippen molar-refractivity contribution in [1.82, 2.24) is 14.9 Å². The Morgan fingerprint density at radius 2 is 2.07 bits per heavy atom. The Hall–Kier alpha value is -2.69. The van der Waals surface area contributed by atoms with Crippen LogP contribution in [0.25, 0.3) is 11.4 Å². The summed E-state index contributed by atoms with van der Waals surface area (Å²) in [6.45, 7) is 0.835. The standard InChI is InChI=1S/C18H16N4O4S2/c23-28(24)15-10-13(6-7-14(15)22-8-2-5-16(22)21-28)25-12-4-1-3-11(9-12)17-19-18(27)26-20-17/h1,3-4,6-7,9-10,16,21H,2,5,8H2,(H,19,20,27). The quantitative estimate of drug-likeness (QED) is 0.631. The first-order chi connectivity index (χ1) is 13.5. The molecule has 1 saturated heterocycles. The lowest BCUT2D eigenvalue weighted by atomic mass is 10.2. The van der Waals surface area contributed by atoms with Gasteiger partial charge in [0, 0.05) is 18.2 Å². The summed E-state index contributed by atoms with van der Waals surface area (Å²) in [5.74, 6) is 1.47. The van der Waals surface area contributed by atoms with Gasteiger partial charge in [0.15, 0.2) is 5.82 Å². The molecule has 8 nitrogen and oxygen atoms in total. The van der Waals surface area contributed by atoms with E-state index in [0.717, 1.165) is 30.6 Å². The van der Waals surface area contributed by atoms with E-state index in [9.17, 15) is 8.42 Å². The van der Waals surface area contributed by atoms with Crippen molar-refractivity contribution in [3.8, 4) is 22.9 Å². The normalized spacial score (nSPS) is 19.9. The van der Waals surface area contributed by atoms with Crippen LogP contribution in [-0.2, 0) is 10.0 Å². The molecule has 5 rings (SSSR count). The molecule has 0 bridgehead atoms. The van der Waals surface area contributed by atoms with Crippen molar-refractivity contribution >= 4 is 27.9 Å². The van der Waals surface area contributed by atoms with E-state index in [0.29, 0.717) is 17.3 Å². The fraction of sp³-hybridized carbons (Fsp3) is 0.222. The Morgan fingerprint density at radius 1 is 1.21 bits per heavy atom. The minimum atomic E-state index is -3.57. The number of H-pyrrole nitrogens is 1. The van der Waals surface area contributed by atoms with E-state index in [1.807, 2.05) is 12.1 Å². The largest absolute Gasteiger partial charge is 0.457 e. The van der Waals surface area contributed by atoms with Gasteiger partial charge in [-0.3, -0.25) is 0 Å². The number of anilines is 1. The minimum Gasteiger partial charge on any atom is -0.457 e. The van der Waals surface area contributed by atoms with Gasteiger partial charge in [0.05, 0.1) is 11.9 Å². The average molecular weight is 416 g/mol. The Morgan fingerprint density at radius 3 is 2.89 bits per heavy atom. The zero-order chi connectivity index (χ0) is 19.3. The van der Waals surface area contributed by atoms with Crippen molar-refractivity contribution in [2.24, 2.45) is 0 Å². The van der Waals surface area contributed by atoms with E-state index in [1.54, 1.807) is 30.3 Å². The van der Waals surface area contributed by atoms with Gasteiger partial charge >= 0.3 is 4.84 Å². The monoisotopic (exact) mass is 416 g/mol. The molecule has 0 aliphatic carbocycles. The van der Waals surface area contributed by atoms with Crippen LogP contribution >= 0.6 is 12.2 Å². The van der Waals surface area contributed by atoms with Gasteiger partial charge in [-0.25, -0.2) is 13.6 Å². The Bertz CT molecular complexity index is 1220. The first-order valence-corrected chi connectivity index (χ1v) is 10.7. The molecule has 1 fully saturated rings. The second-order valence-corrected chi connectivity index (χ2v) is 8.69. The van der Waals surface area contributed by atoms with Gasteiger partial charge in [0.25, 0.3) is 0 Å². The molecule has 10 heteroatoms. The van der Waals surface area contributed by atoms with Crippen LogP contribution in [-0.4, -0.2) is 31.3 Å². The van der Waals surface area contributed by atoms with Crippen LogP contribution < -0.4 is 14.4 Å². The summed E-state index contributed by atoms with van der Waals surface area (Å²) < 4.78 is 38.9. The van der Waals surface area contributed by atoms with Crippen LogP contribution in [0.4, 0.5) is 5.69 Å². The van der Waals surface area contributed by atoms with Crippen molar-refractivity contribution in [2.45, 2.75) is 23.9 Å². The maximum atomic E-state index is 12.6. The number of hydrogen-bond donors (Lipinski definition) is 2. The van der Waals surface area contributed by atoms with E-state index in [-0.39, 0.29) is 15.9 Å². The Kier molecular flexibility index (Phi) is 4.00. The zero-order valence-electron chi connectivity index (χ0n) is 14.6. The number of sulfonamides is 1. The van der Waals surface area contributed by atoms with Crippen LogP contribution in [0.15, 0.2) is 51.9 Å². The van der Waals surface area contributed by atoms with Crippen LogP contribution in [0, 0.1) is 4.84 Å². The van der Waals surface area contributed by atoms with Crippen molar-refractivity contribution in [3.63, 3.8) is 0 Å². The highest BCUT2D eigenvalue weighted by atomic mass is 32.2. The third kappa shape index (κ3) is 2.99. The van der Waals surface area contributed by atoms with Crippen molar-refractivity contribution < 1.29 is 17.7 Å². The third-order valence-corrected chi connectivity index (χ3v) is 6.52. The summed E-state index contributed by atoms with van der Waals surface area (Å²) in [7, 11) is -3.57. The van der Waals surface area contributed by atoms with Gasteiger partial charge in [-0.2, -0.15) is 9.71 Å². The predicted molar refractivity (Wildman–Crippen MR) is 104 cm³/mol. The molecular weight excluding hydrogens is 400 g/mol. The summed E-state index contributed by atoms with van der Waals surface area (Å²) in [5, 5.41) is 2.65. The van der Waals surface area contributed by atoms with Gasteiger partial charge in [-0.05, 0) is 49.3 Å². The number of ether oxygens (including phenoxy) is 1. The molecule has 3 heterocycles. The van der Waals surface area contributed by atoms with Crippen molar-refractivity contribution in [2.75, 3.05) is 11.4 Å². The number of rotatable bonds is 3. The minimum absolute atomic E-state index is 0.119. The number of aromatic nitrogens is 2. The molecule has 0 amide bonds. The van der Waals surface area contributed by atoms with Crippen LogP contribution in [0.5, 0.6) is 11.5 Å². The van der Waals surface area contributed by atoms with E-state index >= 15 is 0 Å².